The van der Waals surface area contributed by atoms with Crippen LogP contribution in [0.1, 0.15) is 71.2 Å². The Labute approximate surface area is 121 Å². The molecule has 0 bridgehead atoms. The average Bonchev–Trinajstić information content (AvgIpc) is 2.70. The molecular weight excluding hydrogens is 258 g/mol. The van der Waals surface area contributed by atoms with Gasteiger partial charge in [-0.3, -0.25) is 4.68 Å². The smallest absolute Gasteiger partial charge is 0.0834 e. The fourth-order valence-electron chi connectivity index (χ4n) is 3.45. The number of nitrogens with zero attached hydrogens (tertiary/aromatic N) is 2. The van der Waals surface area contributed by atoms with Gasteiger partial charge < -0.3 is 5.73 Å². The second-order valence-corrected chi connectivity index (χ2v) is 7.19. The molecule has 1 fully saturated rings. The van der Waals surface area contributed by atoms with Crippen molar-refractivity contribution in [1.29, 1.82) is 0 Å². The monoisotopic (exact) mass is 283 g/mol. The van der Waals surface area contributed by atoms with Crippen molar-refractivity contribution in [2.75, 3.05) is 0 Å². The van der Waals surface area contributed by atoms with E-state index in [1.807, 2.05) is 4.68 Å². The highest BCUT2D eigenvalue weighted by atomic mass is 35.5. The first-order valence-electron chi connectivity index (χ1n) is 7.33. The van der Waals surface area contributed by atoms with E-state index in [1.54, 1.807) is 6.20 Å². The molecule has 2 unspecified atom stereocenters. The molecule has 0 aromatic carbocycles. The van der Waals surface area contributed by atoms with Crippen LogP contribution in [0.4, 0.5) is 0 Å². The Hall–Kier alpha value is -0.540. The van der Waals surface area contributed by atoms with Crippen LogP contribution in [0.2, 0.25) is 5.02 Å². The Morgan fingerprint density at radius 1 is 1.42 bits per heavy atom. The van der Waals surface area contributed by atoms with Crippen LogP contribution in [0.3, 0.4) is 0 Å². The molecular formula is C15H26ClN3. The number of nitrogens with two attached hydrogens (primary N) is 1. The molecule has 2 rings (SSSR count). The standard InChI is InChI=1S/C15H26ClN3/c1-10(2)19-14(12(16)9-18-19)13(17)11-7-5-6-8-15(11,3)4/h9-11,13H,5-8,17H2,1-4H3. The Morgan fingerprint density at radius 3 is 2.68 bits per heavy atom. The van der Waals surface area contributed by atoms with E-state index in [0.29, 0.717) is 17.0 Å². The number of rotatable bonds is 3. The van der Waals surface area contributed by atoms with Gasteiger partial charge in [0.2, 0.25) is 0 Å². The quantitative estimate of drug-likeness (QED) is 0.897. The van der Waals surface area contributed by atoms with E-state index < -0.39 is 0 Å². The van der Waals surface area contributed by atoms with Crippen LogP contribution in [-0.4, -0.2) is 9.78 Å². The van der Waals surface area contributed by atoms with Crippen molar-refractivity contribution in [3.63, 3.8) is 0 Å². The highest BCUT2D eigenvalue weighted by molar-refractivity contribution is 6.31. The van der Waals surface area contributed by atoms with Crippen molar-refractivity contribution >= 4 is 11.6 Å². The van der Waals surface area contributed by atoms with E-state index in [0.717, 1.165) is 5.69 Å². The van der Waals surface area contributed by atoms with Crippen LogP contribution >= 0.6 is 11.6 Å². The summed E-state index contributed by atoms with van der Waals surface area (Å²) >= 11 is 6.33. The van der Waals surface area contributed by atoms with Gasteiger partial charge >= 0.3 is 0 Å². The molecule has 0 saturated heterocycles. The molecule has 0 aliphatic heterocycles. The minimum atomic E-state index is -0.0206. The third kappa shape index (κ3) is 2.82. The van der Waals surface area contributed by atoms with Gasteiger partial charge in [-0.2, -0.15) is 5.10 Å². The van der Waals surface area contributed by atoms with Gasteiger partial charge in [-0.15, -0.1) is 0 Å². The summed E-state index contributed by atoms with van der Waals surface area (Å²) < 4.78 is 1.98. The van der Waals surface area contributed by atoms with Gasteiger partial charge in [-0.25, -0.2) is 0 Å². The van der Waals surface area contributed by atoms with Crippen molar-refractivity contribution in [3.8, 4) is 0 Å². The molecule has 0 spiro atoms. The van der Waals surface area contributed by atoms with Crippen LogP contribution in [0.5, 0.6) is 0 Å². The molecule has 1 saturated carbocycles. The van der Waals surface area contributed by atoms with Crippen molar-refractivity contribution < 1.29 is 0 Å². The second kappa shape index (κ2) is 5.45. The van der Waals surface area contributed by atoms with Gasteiger partial charge in [0.25, 0.3) is 0 Å². The lowest BCUT2D eigenvalue weighted by atomic mass is 9.65. The number of aromatic nitrogens is 2. The predicted octanol–water partition coefficient (Wildman–Crippen LogP) is 4.33. The largest absolute Gasteiger partial charge is 0.322 e. The maximum Gasteiger partial charge on any atom is 0.0834 e. The van der Waals surface area contributed by atoms with E-state index >= 15 is 0 Å². The first-order chi connectivity index (χ1) is 8.84. The summed E-state index contributed by atoms with van der Waals surface area (Å²) in [5.74, 6) is 0.480. The molecule has 1 aromatic rings. The Morgan fingerprint density at radius 2 is 2.11 bits per heavy atom. The third-order valence-corrected chi connectivity index (χ3v) is 4.91. The molecule has 4 heteroatoms. The first-order valence-corrected chi connectivity index (χ1v) is 7.71. The lowest BCUT2D eigenvalue weighted by Gasteiger charge is -2.42. The summed E-state index contributed by atoms with van der Waals surface area (Å²) in [6.07, 6.45) is 6.75. The fourth-order valence-corrected chi connectivity index (χ4v) is 3.71. The zero-order chi connectivity index (χ0) is 14.2. The molecule has 1 heterocycles. The molecule has 108 valence electrons. The van der Waals surface area contributed by atoms with E-state index in [1.165, 1.54) is 25.7 Å². The molecule has 2 N–H and O–H groups in total. The summed E-state index contributed by atoms with van der Waals surface area (Å²) in [6.45, 7) is 8.90. The van der Waals surface area contributed by atoms with E-state index in [4.69, 9.17) is 17.3 Å². The van der Waals surface area contributed by atoms with Crippen molar-refractivity contribution in [1.82, 2.24) is 9.78 Å². The van der Waals surface area contributed by atoms with Gasteiger partial charge in [0.1, 0.15) is 0 Å². The van der Waals surface area contributed by atoms with Gasteiger partial charge in [-0.1, -0.05) is 38.3 Å². The minimum absolute atomic E-state index is 0.0206. The molecule has 0 amide bonds. The molecule has 3 nitrogen and oxygen atoms in total. The zero-order valence-corrected chi connectivity index (χ0v) is 13.2. The summed E-state index contributed by atoms with van der Waals surface area (Å²) in [5.41, 5.74) is 7.88. The number of hydrogen-bond acceptors (Lipinski definition) is 2. The van der Waals surface area contributed by atoms with E-state index in [-0.39, 0.29) is 11.5 Å². The maximum atomic E-state index is 6.58. The third-order valence-electron chi connectivity index (χ3n) is 4.62. The Kier molecular flexibility index (Phi) is 4.26. The summed E-state index contributed by atoms with van der Waals surface area (Å²) in [4.78, 5) is 0. The Balaban J connectivity index is 2.33. The Bertz CT molecular complexity index is 437. The number of halogens is 1. The first kappa shape index (κ1) is 14.9. The molecule has 1 aliphatic rings. The number of hydrogen-bond donors (Lipinski definition) is 1. The SMILES string of the molecule is CC(C)n1ncc(Cl)c1C(N)C1CCCCC1(C)C. The van der Waals surface area contributed by atoms with Crippen LogP contribution < -0.4 is 5.73 Å². The van der Waals surface area contributed by atoms with Crippen LogP contribution in [0.15, 0.2) is 6.20 Å². The van der Waals surface area contributed by atoms with Crippen molar-refractivity contribution in [2.45, 2.75) is 65.5 Å². The van der Waals surface area contributed by atoms with Gasteiger partial charge in [0.15, 0.2) is 0 Å². The molecule has 19 heavy (non-hydrogen) atoms. The second-order valence-electron chi connectivity index (χ2n) is 6.78. The van der Waals surface area contributed by atoms with E-state index in [9.17, 15) is 0 Å². The lowest BCUT2D eigenvalue weighted by Crippen LogP contribution is -2.37. The molecule has 0 radical (unpaired) electrons. The maximum absolute atomic E-state index is 6.58. The lowest BCUT2D eigenvalue weighted by molar-refractivity contribution is 0.109. The fraction of sp³-hybridized carbons (Fsp3) is 0.800. The topological polar surface area (TPSA) is 43.8 Å². The summed E-state index contributed by atoms with van der Waals surface area (Å²) in [6, 6.07) is 0.271. The normalized spacial score (nSPS) is 24.7. The van der Waals surface area contributed by atoms with Crippen LogP contribution in [0.25, 0.3) is 0 Å². The highest BCUT2D eigenvalue weighted by Gasteiger charge is 2.38. The molecule has 2 atom stereocenters. The van der Waals surface area contributed by atoms with Gasteiger partial charge in [-0.05, 0) is 38.0 Å². The zero-order valence-electron chi connectivity index (χ0n) is 12.5. The average molecular weight is 284 g/mol. The van der Waals surface area contributed by atoms with E-state index in [2.05, 4.69) is 32.8 Å². The van der Waals surface area contributed by atoms with Crippen LogP contribution in [-0.2, 0) is 0 Å². The highest BCUT2D eigenvalue weighted by Crippen LogP contribution is 2.47. The summed E-state index contributed by atoms with van der Waals surface area (Å²) in [7, 11) is 0. The minimum Gasteiger partial charge on any atom is -0.322 e. The van der Waals surface area contributed by atoms with Crippen molar-refractivity contribution in [2.24, 2.45) is 17.1 Å². The summed E-state index contributed by atoms with van der Waals surface area (Å²) in [5, 5.41) is 5.09. The molecule has 1 aromatic heterocycles. The molecule has 1 aliphatic carbocycles. The predicted molar refractivity (Wildman–Crippen MR) is 80.3 cm³/mol. The van der Waals surface area contributed by atoms with Crippen LogP contribution in [0, 0.1) is 11.3 Å². The van der Waals surface area contributed by atoms with Gasteiger partial charge in [0.05, 0.1) is 23.0 Å². The van der Waals surface area contributed by atoms with Gasteiger partial charge in [0, 0.05) is 6.04 Å². The van der Waals surface area contributed by atoms with Crippen molar-refractivity contribution in [3.05, 3.63) is 16.9 Å².